The zero-order chi connectivity index (χ0) is 17.0. The molecule has 0 bridgehead atoms. The predicted octanol–water partition coefficient (Wildman–Crippen LogP) is 4.77. The smallest absolute Gasteiger partial charge is 0.334 e. The summed E-state index contributed by atoms with van der Waals surface area (Å²) in [6, 6.07) is 8.59. The van der Waals surface area contributed by atoms with E-state index in [1.54, 1.807) is 24.3 Å². The second-order valence-corrected chi connectivity index (χ2v) is 5.86. The molecule has 2 N–H and O–H groups in total. The minimum absolute atomic E-state index is 0.0317. The highest BCUT2D eigenvalue weighted by Gasteiger charge is 2.31. The van der Waals surface area contributed by atoms with Crippen molar-refractivity contribution < 1.29 is 22.4 Å². The molecule has 0 saturated carbocycles. The van der Waals surface area contributed by atoms with Gasteiger partial charge in [0.1, 0.15) is 5.82 Å². The Morgan fingerprint density at radius 2 is 1.74 bits per heavy atom. The Bertz CT molecular complexity index is 702. The molecule has 0 spiro atoms. The lowest BCUT2D eigenvalue weighted by atomic mass is 10.1. The van der Waals surface area contributed by atoms with E-state index in [9.17, 15) is 22.4 Å². The quantitative estimate of drug-likeness (QED) is 0.526. The number of benzene rings is 2. The largest absolute Gasteiger partial charge is 0.416 e. The Balaban J connectivity index is 1.95. The van der Waals surface area contributed by atoms with E-state index in [0.29, 0.717) is 11.8 Å². The van der Waals surface area contributed by atoms with Crippen molar-refractivity contribution in [2.75, 3.05) is 5.32 Å². The van der Waals surface area contributed by atoms with Gasteiger partial charge in [-0.1, -0.05) is 6.07 Å². The number of anilines is 1. The van der Waals surface area contributed by atoms with Crippen molar-refractivity contribution in [3.8, 4) is 0 Å². The van der Waals surface area contributed by atoms with E-state index >= 15 is 0 Å². The number of nitrogens with one attached hydrogen (secondary N) is 2. The second kappa shape index (κ2) is 7.16. The Kier molecular flexibility index (Phi) is 5.45. The normalized spacial score (nSPS) is 11.2. The predicted molar refractivity (Wildman–Crippen MR) is 86.4 cm³/mol. The monoisotopic (exact) mass is 438 g/mol. The molecule has 3 nitrogen and oxygen atoms in total. The fourth-order valence-corrected chi connectivity index (χ4v) is 2.11. The zero-order valence-corrected chi connectivity index (χ0v) is 13.7. The van der Waals surface area contributed by atoms with Gasteiger partial charge in [-0.05, 0) is 59.0 Å². The Morgan fingerprint density at radius 3 is 2.30 bits per heavy atom. The molecule has 0 aliphatic carbocycles. The molecule has 0 saturated heterocycles. The number of hydrogen-bond acceptors (Lipinski definition) is 1. The Hall–Kier alpha value is -1.84. The average molecular weight is 438 g/mol. The van der Waals surface area contributed by atoms with Gasteiger partial charge in [0.25, 0.3) is 0 Å². The highest BCUT2D eigenvalue weighted by molar-refractivity contribution is 14.1. The summed E-state index contributed by atoms with van der Waals surface area (Å²) >= 11 is 2.12. The Labute approximate surface area is 143 Å². The van der Waals surface area contributed by atoms with E-state index in [0.717, 1.165) is 15.7 Å². The maximum atomic E-state index is 13.6. The van der Waals surface area contributed by atoms with Crippen LogP contribution in [0.25, 0.3) is 0 Å². The standard InChI is InChI=1S/C15H11F4IN2O/c16-13-7-10(15(17,18)19)2-1-9(13)8-21-14(23)22-12-5-3-11(20)4-6-12/h1-7H,8H2,(H2,21,22,23). The van der Waals surface area contributed by atoms with Crippen LogP contribution >= 0.6 is 22.6 Å². The molecule has 2 aromatic rings. The van der Waals surface area contributed by atoms with Crippen molar-refractivity contribution in [2.24, 2.45) is 0 Å². The van der Waals surface area contributed by atoms with Crippen molar-refractivity contribution in [1.29, 1.82) is 0 Å². The molecule has 0 aromatic heterocycles. The van der Waals surface area contributed by atoms with Crippen LogP contribution in [0.5, 0.6) is 0 Å². The van der Waals surface area contributed by atoms with Gasteiger partial charge in [-0.3, -0.25) is 0 Å². The van der Waals surface area contributed by atoms with E-state index in [4.69, 9.17) is 0 Å². The van der Waals surface area contributed by atoms with Crippen molar-refractivity contribution in [1.82, 2.24) is 5.32 Å². The number of amides is 2. The minimum atomic E-state index is -4.60. The van der Waals surface area contributed by atoms with Crippen LogP contribution in [-0.2, 0) is 12.7 Å². The van der Waals surface area contributed by atoms with Crippen LogP contribution in [0.2, 0.25) is 0 Å². The molecule has 0 atom stereocenters. The molecule has 0 fully saturated rings. The van der Waals surface area contributed by atoms with Gasteiger partial charge < -0.3 is 10.6 Å². The number of carbonyl (C=O) groups is 1. The van der Waals surface area contributed by atoms with E-state index in [1.165, 1.54) is 0 Å². The summed E-state index contributed by atoms with van der Waals surface area (Å²) in [6.45, 7) is -0.222. The maximum Gasteiger partial charge on any atom is 0.416 e. The lowest BCUT2D eigenvalue weighted by Crippen LogP contribution is -2.28. The summed E-state index contributed by atoms with van der Waals surface area (Å²) in [7, 11) is 0. The highest BCUT2D eigenvalue weighted by Crippen LogP contribution is 2.30. The zero-order valence-electron chi connectivity index (χ0n) is 11.5. The van der Waals surface area contributed by atoms with Crippen LogP contribution < -0.4 is 10.6 Å². The third-order valence-electron chi connectivity index (χ3n) is 2.92. The first-order valence-electron chi connectivity index (χ1n) is 6.42. The summed E-state index contributed by atoms with van der Waals surface area (Å²) in [5.41, 5.74) is -0.548. The van der Waals surface area contributed by atoms with E-state index in [1.807, 2.05) is 0 Å². The van der Waals surface area contributed by atoms with Crippen LogP contribution in [0.15, 0.2) is 42.5 Å². The average Bonchev–Trinajstić information content (AvgIpc) is 2.47. The van der Waals surface area contributed by atoms with Gasteiger partial charge in [0, 0.05) is 21.4 Å². The molecule has 2 amide bonds. The fourth-order valence-electron chi connectivity index (χ4n) is 1.75. The van der Waals surface area contributed by atoms with Gasteiger partial charge in [0.2, 0.25) is 0 Å². The number of halogens is 5. The molecule has 2 aromatic carbocycles. The fraction of sp³-hybridized carbons (Fsp3) is 0.133. The first kappa shape index (κ1) is 17.5. The van der Waals surface area contributed by atoms with Crippen LogP contribution in [0.3, 0.4) is 0 Å². The third-order valence-corrected chi connectivity index (χ3v) is 3.64. The third kappa shape index (κ3) is 5.08. The molecule has 8 heteroatoms. The SMILES string of the molecule is O=C(NCc1ccc(C(F)(F)F)cc1F)Nc1ccc(I)cc1. The van der Waals surface area contributed by atoms with E-state index < -0.39 is 23.6 Å². The van der Waals surface area contributed by atoms with Crippen molar-refractivity contribution in [3.63, 3.8) is 0 Å². The van der Waals surface area contributed by atoms with Crippen LogP contribution in [0.1, 0.15) is 11.1 Å². The topological polar surface area (TPSA) is 41.1 Å². The maximum absolute atomic E-state index is 13.6. The number of hydrogen-bond donors (Lipinski definition) is 2. The summed E-state index contributed by atoms with van der Waals surface area (Å²) in [5, 5.41) is 4.93. The van der Waals surface area contributed by atoms with E-state index in [-0.39, 0.29) is 12.1 Å². The van der Waals surface area contributed by atoms with Crippen LogP contribution in [-0.4, -0.2) is 6.03 Å². The van der Waals surface area contributed by atoms with Crippen molar-refractivity contribution in [3.05, 3.63) is 63.0 Å². The molecule has 0 aliphatic rings. The summed E-state index contributed by atoms with van der Waals surface area (Å²) < 4.78 is 51.9. The second-order valence-electron chi connectivity index (χ2n) is 4.62. The number of rotatable bonds is 3. The van der Waals surface area contributed by atoms with Crippen LogP contribution in [0, 0.1) is 9.39 Å². The summed E-state index contributed by atoms with van der Waals surface area (Å²) in [6.07, 6.45) is -4.60. The van der Waals surface area contributed by atoms with Gasteiger partial charge >= 0.3 is 12.2 Å². The molecular weight excluding hydrogens is 427 g/mol. The number of alkyl halides is 3. The summed E-state index contributed by atoms with van der Waals surface area (Å²) in [4.78, 5) is 11.7. The molecule has 0 radical (unpaired) electrons. The number of carbonyl (C=O) groups excluding carboxylic acids is 1. The van der Waals surface area contributed by atoms with Gasteiger partial charge in [-0.2, -0.15) is 13.2 Å². The van der Waals surface area contributed by atoms with Crippen molar-refractivity contribution >= 4 is 34.3 Å². The minimum Gasteiger partial charge on any atom is -0.334 e. The van der Waals surface area contributed by atoms with Crippen molar-refractivity contribution in [2.45, 2.75) is 12.7 Å². The molecule has 23 heavy (non-hydrogen) atoms. The lowest BCUT2D eigenvalue weighted by Gasteiger charge is -2.11. The van der Waals surface area contributed by atoms with Gasteiger partial charge in [-0.15, -0.1) is 0 Å². The van der Waals surface area contributed by atoms with Gasteiger partial charge in [0.05, 0.1) is 5.56 Å². The first-order chi connectivity index (χ1) is 10.8. The van der Waals surface area contributed by atoms with Gasteiger partial charge in [0.15, 0.2) is 0 Å². The first-order valence-corrected chi connectivity index (χ1v) is 7.49. The van der Waals surface area contributed by atoms with E-state index in [2.05, 4.69) is 33.2 Å². The lowest BCUT2D eigenvalue weighted by molar-refractivity contribution is -0.137. The number of urea groups is 1. The molecule has 0 aliphatic heterocycles. The van der Waals surface area contributed by atoms with Gasteiger partial charge in [-0.25, -0.2) is 9.18 Å². The molecule has 0 heterocycles. The highest BCUT2D eigenvalue weighted by atomic mass is 127. The molecule has 2 rings (SSSR count). The summed E-state index contributed by atoms with van der Waals surface area (Å²) in [5.74, 6) is -1.02. The molecule has 0 unspecified atom stereocenters. The molecule has 122 valence electrons. The van der Waals surface area contributed by atoms with Crippen LogP contribution in [0.4, 0.5) is 28.0 Å². The molecular formula is C15H11F4IN2O. The Morgan fingerprint density at radius 1 is 1.09 bits per heavy atom.